The number of ether oxygens (including phenoxy) is 5. The second kappa shape index (κ2) is 21.5. The molecule has 1 unspecified atom stereocenters. The topological polar surface area (TPSA) is 163 Å². The fourth-order valence-corrected chi connectivity index (χ4v) is 7.32. The van der Waals surface area contributed by atoms with Crippen LogP contribution in [0.15, 0.2) is 109 Å². The van der Waals surface area contributed by atoms with Gasteiger partial charge >= 0.3 is 6.09 Å². The maximum atomic E-state index is 12.4. The van der Waals surface area contributed by atoms with Crippen molar-refractivity contribution < 1.29 is 38.1 Å². The van der Waals surface area contributed by atoms with E-state index >= 15 is 0 Å². The molecule has 3 aliphatic heterocycles. The monoisotopic (exact) mass is 856 g/mol. The molecule has 3 amide bonds. The van der Waals surface area contributed by atoms with Gasteiger partial charge in [0.25, 0.3) is 0 Å². The van der Waals surface area contributed by atoms with E-state index in [0.717, 1.165) is 53.7 Å². The highest BCUT2D eigenvalue weighted by Gasteiger charge is 2.29. The largest absolute Gasteiger partial charge is 0.474 e. The van der Waals surface area contributed by atoms with Gasteiger partial charge in [0.1, 0.15) is 31.0 Å². The number of imide groups is 1. The Morgan fingerprint density at radius 2 is 1.30 bits per heavy atom. The number of hydrogen-bond acceptors (Lipinski definition) is 12. The number of hydrogen-bond donors (Lipinski definition) is 2. The van der Waals surface area contributed by atoms with Gasteiger partial charge in [0.15, 0.2) is 0 Å². The zero-order valence-corrected chi connectivity index (χ0v) is 36.2. The molecule has 3 fully saturated rings. The maximum absolute atomic E-state index is 12.4. The maximum Gasteiger partial charge on any atom is 0.410 e. The smallest absolute Gasteiger partial charge is 0.410 e. The summed E-state index contributed by atoms with van der Waals surface area (Å²) in [6.45, 7) is 9.53. The third kappa shape index (κ3) is 13.5. The van der Waals surface area contributed by atoms with Crippen LogP contribution in [0.3, 0.4) is 0 Å². The molecule has 0 aliphatic carbocycles. The highest BCUT2D eigenvalue weighted by molar-refractivity contribution is 6.00. The second-order valence-corrected chi connectivity index (χ2v) is 16.7. The Balaban J connectivity index is 0.000000236. The number of likely N-dealkylation sites (tertiary alicyclic amines) is 1. The van der Waals surface area contributed by atoms with Crippen molar-refractivity contribution in [2.24, 2.45) is 0 Å². The van der Waals surface area contributed by atoms with Gasteiger partial charge in [0.2, 0.25) is 35.3 Å². The van der Waals surface area contributed by atoms with Gasteiger partial charge in [-0.3, -0.25) is 14.9 Å². The van der Waals surface area contributed by atoms with Crippen molar-refractivity contribution in [3.05, 3.63) is 126 Å². The average molecular weight is 857 g/mol. The van der Waals surface area contributed by atoms with Gasteiger partial charge in [-0.25, -0.2) is 14.8 Å². The van der Waals surface area contributed by atoms with Crippen LogP contribution < -0.4 is 29.6 Å². The normalized spacial score (nSPS) is 17.1. The molecule has 330 valence electrons. The molecule has 0 spiro atoms. The van der Waals surface area contributed by atoms with Gasteiger partial charge in [-0.1, -0.05) is 66.7 Å². The number of pyridine rings is 3. The van der Waals surface area contributed by atoms with Gasteiger partial charge in [-0.05, 0) is 81.9 Å². The van der Waals surface area contributed by atoms with Crippen molar-refractivity contribution in [1.29, 1.82) is 0 Å². The van der Waals surface area contributed by atoms with Crippen LogP contribution in [0.5, 0.6) is 23.5 Å². The first-order valence-electron chi connectivity index (χ1n) is 21.7. The Labute approximate surface area is 368 Å². The highest BCUT2D eigenvalue weighted by Crippen LogP contribution is 2.32. The first kappa shape index (κ1) is 44.5. The fraction of sp³-hybridized carbons (Fsp3) is 0.388. The number of aromatic nitrogens is 3. The molecular formula is C49H56N6O8. The van der Waals surface area contributed by atoms with Crippen LogP contribution >= 0.6 is 0 Å². The SMILES string of the molecule is CC(C)(C)OC(=O)N1CCC(Oc2ccc(-c3ccc(OCc4ccccc4)nc3OCc3ccccc3)cn2)CC1.O=C1CCC(c2ccc(OC3CCNCC3)nc2)C(=O)N1. The van der Waals surface area contributed by atoms with Gasteiger partial charge in [-0.2, -0.15) is 4.98 Å². The minimum atomic E-state index is -0.506. The van der Waals surface area contributed by atoms with Crippen LogP contribution in [-0.2, 0) is 27.5 Å². The molecule has 3 saturated heterocycles. The number of carbonyl (C=O) groups excluding carboxylic acids is 3. The van der Waals surface area contributed by atoms with Crippen molar-refractivity contribution in [3.8, 4) is 34.6 Å². The van der Waals surface area contributed by atoms with E-state index in [1.807, 2.05) is 112 Å². The van der Waals surface area contributed by atoms with E-state index in [1.54, 1.807) is 23.4 Å². The lowest BCUT2D eigenvalue weighted by Gasteiger charge is -2.33. The van der Waals surface area contributed by atoms with Gasteiger partial charge < -0.3 is 33.9 Å². The summed E-state index contributed by atoms with van der Waals surface area (Å²) < 4.78 is 29.6. The molecule has 63 heavy (non-hydrogen) atoms. The highest BCUT2D eigenvalue weighted by atomic mass is 16.6. The van der Waals surface area contributed by atoms with Crippen LogP contribution in [0.2, 0.25) is 0 Å². The third-order valence-electron chi connectivity index (χ3n) is 10.7. The van der Waals surface area contributed by atoms with Crippen molar-refractivity contribution in [2.45, 2.75) is 96.2 Å². The van der Waals surface area contributed by atoms with Crippen molar-refractivity contribution in [2.75, 3.05) is 26.2 Å². The molecule has 14 heteroatoms. The molecule has 0 bridgehead atoms. The number of nitrogens with zero attached hydrogens (tertiary/aromatic N) is 4. The summed E-state index contributed by atoms with van der Waals surface area (Å²) in [5.41, 5.74) is 4.09. The predicted octanol–water partition coefficient (Wildman–Crippen LogP) is 7.81. The molecule has 0 radical (unpaired) electrons. The van der Waals surface area contributed by atoms with E-state index in [2.05, 4.69) is 20.6 Å². The zero-order chi connectivity index (χ0) is 44.0. The predicted molar refractivity (Wildman–Crippen MR) is 236 cm³/mol. The van der Waals surface area contributed by atoms with Crippen LogP contribution in [0.4, 0.5) is 4.79 Å². The molecule has 0 saturated carbocycles. The third-order valence-corrected chi connectivity index (χ3v) is 10.7. The van der Waals surface area contributed by atoms with E-state index in [1.165, 1.54) is 0 Å². The minimum absolute atomic E-state index is 0.0190. The Kier molecular flexibility index (Phi) is 15.2. The minimum Gasteiger partial charge on any atom is -0.474 e. The number of piperidine rings is 3. The number of carbonyl (C=O) groups is 3. The van der Waals surface area contributed by atoms with Crippen molar-refractivity contribution >= 4 is 17.9 Å². The Morgan fingerprint density at radius 1 is 0.698 bits per heavy atom. The summed E-state index contributed by atoms with van der Waals surface area (Å²) in [5.74, 6) is 1.36. The quantitative estimate of drug-likeness (QED) is 0.117. The van der Waals surface area contributed by atoms with E-state index in [9.17, 15) is 14.4 Å². The van der Waals surface area contributed by atoms with E-state index in [-0.39, 0.29) is 36.0 Å². The lowest BCUT2D eigenvalue weighted by atomic mass is 9.92. The summed E-state index contributed by atoms with van der Waals surface area (Å²) in [6.07, 6.45) is 7.67. The van der Waals surface area contributed by atoms with Gasteiger partial charge in [0, 0.05) is 74.1 Å². The number of rotatable bonds is 12. The summed E-state index contributed by atoms with van der Waals surface area (Å²) in [5, 5.41) is 5.65. The molecule has 2 aromatic carbocycles. The zero-order valence-electron chi connectivity index (χ0n) is 36.2. The summed E-state index contributed by atoms with van der Waals surface area (Å²) in [7, 11) is 0. The Morgan fingerprint density at radius 3 is 1.89 bits per heavy atom. The first-order valence-corrected chi connectivity index (χ1v) is 21.7. The molecule has 14 nitrogen and oxygen atoms in total. The van der Waals surface area contributed by atoms with Crippen LogP contribution in [-0.4, -0.2) is 81.7 Å². The number of benzene rings is 2. The Hall–Kier alpha value is -6.54. The Bertz CT molecular complexity index is 2240. The van der Waals surface area contributed by atoms with Crippen LogP contribution in [0.25, 0.3) is 11.1 Å². The molecule has 6 heterocycles. The molecule has 3 aromatic heterocycles. The lowest BCUT2D eigenvalue weighted by molar-refractivity contribution is -0.134. The van der Waals surface area contributed by atoms with E-state index in [4.69, 9.17) is 28.7 Å². The molecular weight excluding hydrogens is 801 g/mol. The molecule has 2 N–H and O–H groups in total. The molecule has 3 aliphatic rings. The summed E-state index contributed by atoms with van der Waals surface area (Å²) >= 11 is 0. The molecule has 5 aromatic rings. The molecule has 1 atom stereocenters. The van der Waals surface area contributed by atoms with E-state index in [0.29, 0.717) is 75.5 Å². The van der Waals surface area contributed by atoms with Crippen molar-refractivity contribution in [3.63, 3.8) is 0 Å². The average Bonchev–Trinajstić information content (AvgIpc) is 3.29. The number of nitrogens with one attached hydrogen (secondary N) is 2. The molecule has 8 rings (SSSR count). The summed E-state index contributed by atoms with van der Waals surface area (Å²) in [4.78, 5) is 50.6. The second-order valence-electron chi connectivity index (χ2n) is 16.7. The number of amides is 3. The van der Waals surface area contributed by atoms with E-state index < -0.39 is 5.60 Å². The van der Waals surface area contributed by atoms with Gasteiger partial charge in [-0.15, -0.1) is 0 Å². The van der Waals surface area contributed by atoms with Crippen LogP contribution in [0, 0.1) is 0 Å². The summed E-state index contributed by atoms with van der Waals surface area (Å²) in [6, 6.07) is 31.2. The first-order chi connectivity index (χ1) is 30.5. The van der Waals surface area contributed by atoms with Crippen LogP contribution in [0.1, 0.15) is 81.9 Å². The fourth-order valence-electron chi connectivity index (χ4n) is 7.32. The standard InChI is InChI=1S/C34H37N3O5.C15H19N3O3/c1-34(2,3)42-33(38)37-20-18-28(19-21-37)41-30-16-14-27(22-35-30)29-15-17-31(39-23-25-10-6-4-7-11-25)36-32(29)40-24-26-12-8-5-9-13-26;19-13-3-2-12(15(20)18-13)10-1-4-14(17-9-10)21-11-5-7-16-8-6-11/h4-17,22,28H,18-21,23-24H2,1-3H3;1,4,9,11-12,16H,2-3,5-8H2,(H,18,19,20). The lowest BCUT2D eigenvalue weighted by Crippen LogP contribution is -2.44. The van der Waals surface area contributed by atoms with Crippen molar-refractivity contribution in [1.82, 2.24) is 30.5 Å². The van der Waals surface area contributed by atoms with Gasteiger partial charge in [0.05, 0.1) is 5.92 Å².